The van der Waals surface area contributed by atoms with E-state index in [1.807, 2.05) is 0 Å². The minimum atomic E-state index is -1.34. The quantitative estimate of drug-likeness (QED) is 0.810. The Labute approximate surface area is 83.2 Å². The van der Waals surface area contributed by atoms with Crippen molar-refractivity contribution in [1.82, 2.24) is 10.1 Å². The summed E-state index contributed by atoms with van der Waals surface area (Å²) in [5, 5.41) is 11.9. The van der Waals surface area contributed by atoms with Gasteiger partial charge in [-0.2, -0.15) is 4.98 Å². The largest absolute Gasteiger partial charge is 0.474 e. The van der Waals surface area contributed by atoms with Crippen LogP contribution in [-0.2, 0) is 0 Å². The highest BCUT2D eigenvalue weighted by atomic mass is 19.1. The lowest BCUT2D eigenvalue weighted by Gasteiger charge is -1.94. The summed E-state index contributed by atoms with van der Waals surface area (Å²) in [6.45, 7) is 0. The summed E-state index contributed by atoms with van der Waals surface area (Å²) in [5.41, 5.74) is 0.105. The summed E-state index contributed by atoms with van der Waals surface area (Å²) in [6, 6.07) is 5.77. The van der Waals surface area contributed by atoms with E-state index in [-0.39, 0.29) is 11.4 Å². The maximum atomic E-state index is 13.2. The average Bonchev–Trinajstić information content (AvgIpc) is 2.67. The minimum absolute atomic E-state index is 0.0782. The highest BCUT2D eigenvalue weighted by molar-refractivity contribution is 5.82. The number of carboxylic acid groups (broad SMARTS) is 1. The summed E-state index contributed by atoms with van der Waals surface area (Å²) in [7, 11) is 0. The second-order valence-corrected chi connectivity index (χ2v) is 2.71. The van der Waals surface area contributed by atoms with Crippen LogP contribution < -0.4 is 0 Å². The van der Waals surface area contributed by atoms with Gasteiger partial charge in [-0.3, -0.25) is 0 Å². The third kappa shape index (κ3) is 1.69. The molecule has 0 bridgehead atoms. The van der Waals surface area contributed by atoms with Gasteiger partial charge in [0.1, 0.15) is 5.82 Å². The van der Waals surface area contributed by atoms with Crippen molar-refractivity contribution in [2.24, 2.45) is 0 Å². The van der Waals surface area contributed by atoms with Gasteiger partial charge in [0.25, 0.3) is 0 Å². The zero-order valence-electron chi connectivity index (χ0n) is 7.35. The molecule has 1 aromatic heterocycles. The molecule has 0 aliphatic heterocycles. The van der Waals surface area contributed by atoms with Crippen molar-refractivity contribution in [1.29, 1.82) is 0 Å². The predicted octanol–water partition coefficient (Wildman–Crippen LogP) is 1.57. The molecule has 2 rings (SSSR count). The van der Waals surface area contributed by atoms with Crippen molar-refractivity contribution in [3.63, 3.8) is 0 Å². The molecular formula is C9H5FN2O3. The smallest absolute Gasteiger partial charge is 0.394 e. The zero-order chi connectivity index (χ0) is 10.8. The van der Waals surface area contributed by atoms with Gasteiger partial charge in [0.05, 0.1) is 5.56 Å². The molecule has 0 radical (unpaired) electrons. The normalized spacial score (nSPS) is 10.2. The average molecular weight is 208 g/mol. The first-order chi connectivity index (χ1) is 7.18. The number of nitrogens with zero attached hydrogens (tertiary/aromatic N) is 2. The van der Waals surface area contributed by atoms with E-state index in [1.54, 1.807) is 6.07 Å². The van der Waals surface area contributed by atoms with E-state index in [4.69, 9.17) is 5.11 Å². The van der Waals surface area contributed by atoms with E-state index in [1.165, 1.54) is 18.2 Å². The van der Waals surface area contributed by atoms with E-state index < -0.39 is 17.7 Å². The molecule has 6 heteroatoms. The van der Waals surface area contributed by atoms with Crippen molar-refractivity contribution in [3.05, 3.63) is 36.0 Å². The lowest BCUT2D eigenvalue weighted by molar-refractivity contribution is 0.0643. The predicted molar refractivity (Wildman–Crippen MR) is 46.7 cm³/mol. The third-order valence-electron chi connectivity index (χ3n) is 1.72. The Hall–Kier alpha value is -2.24. The second-order valence-electron chi connectivity index (χ2n) is 2.71. The van der Waals surface area contributed by atoms with E-state index in [9.17, 15) is 9.18 Å². The van der Waals surface area contributed by atoms with Gasteiger partial charge >= 0.3 is 11.9 Å². The lowest BCUT2D eigenvalue weighted by atomic mass is 10.2. The highest BCUT2D eigenvalue weighted by Crippen LogP contribution is 2.18. The maximum Gasteiger partial charge on any atom is 0.394 e. The summed E-state index contributed by atoms with van der Waals surface area (Å²) < 4.78 is 17.6. The molecular weight excluding hydrogens is 203 g/mol. The van der Waals surface area contributed by atoms with Crippen LogP contribution >= 0.6 is 0 Å². The third-order valence-corrected chi connectivity index (χ3v) is 1.72. The Morgan fingerprint density at radius 3 is 2.73 bits per heavy atom. The molecule has 0 fully saturated rings. The molecule has 1 aromatic carbocycles. The zero-order valence-corrected chi connectivity index (χ0v) is 7.35. The number of benzene rings is 1. The van der Waals surface area contributed by atoms with Gasteiger partial charge in [-0.15, -0.1) is 0 Å². The fourth-order valence-corrected chi connectivity index (χ4v) is 1.06. The molecule has 2 aromatic rings. The van der Waals surface area contributed by atoms with Crippen LogP contribution in [0.2, 0.25) is 0 Å². The second kappa shape index (κ2) is 3.49. The van der Waals surface area contributed by atoms with Gasteiger partial charge in [-0.1, -0.05) is 17.3 Å². The molecule has 0 saturated heterocycles. The van der Waals surface area contributed by atoms with Crippen molar-refractivity contribution in [2.75, 3.05) is 0 Å². The van der Waals surface area contributed by atoms with Gasteiger partial charge in [0.2, 0.25) is 5.82 Å². The van der Waals surface area contributed by atoms with Gasteiger partial charge in [0.15, 0.2) is 0 Å². The van der Waals surface area contributed by atoms with E-state index in [2.05, 4.69) is 14.7 Å². The van der Waals surface area contributed by atoms with Crippen LogP contribution in [0, 0.1) is 5.82 Å². The number of carbonyl (C=O) groups is 1. The van der Waals surface area contributed by atoms with Crippen LogP contribution in [0.25, 0.3) is 11.4 Å². The standard InChI is InChI=1S/C9H5FN2O3/c10-6-4-2-1-3-5(6)7-11-8(9(13)14)15-12-7/h1-4H,(H,13,14). The van der Waals surface area contributed by atoms with Gasteiger partial charge < -0.3 is 9.63 Å². The molecule has 0 saturated carbocycles. The highest BCUT2D eigenvalue weighted by Gasteiger charge is 2.16. The van der Waals surface area contributed by atoms with Gasteiger partial charge in [0, 0.05) is 0 Å². The number of aromatic nitrogens is 2. The molecule has 5 nitrogen and oxygen atoms in total. The molecule has 0 amide bonds. The molecule has 0 aliphatic rings. The molecule has 15 heavy (non-hydrogen) atoms. The number of halogens is 1. The Balaban J connectivity index is 2.46. The number of aromatic carboxylic acids is 1. The monoisotopic (exact) mass is 208 g/mol. The van der Waals surface area contributed by atoms with E-state index >= 15 is 0 Å². The first kappa shape index (κ1) is 9.32. The Kier molecular flexibility index (Phi) is 2.17. The Morgan fingerprint density at radius 2 is 2.13 bits per heavy atom. The van der Waals surface area contributed by atoms with Gasteiger partial charge in [-0.25, -0.2) is 9.18 Å². The molecule has 76 valence electrons. The minimum Gasteiger partial charge on any atom is -0.474 e. The molecule has 0 unspecified atom stereocenters. The van der Waals surface area contributed by atoms with Crippen molar-refractivity contribution in [2.45, 2.75) is 0 Å². The number of hydrogen-bond acceptors (Lipinski definition) is 4. The Bertz CT molecular complexity index is 510. The fourth-order valence-electron chi connectivity index (χ4n) is 1.06. The van der Waals surface area contributed by atoms with Crippen LogP contribution in [0.15, 0.2) is 28.8 Å². The van der Waals surface area contributed by atoms with Crippen LogP contribution in [-0.4, -0.2) is 21.2 Å². The summed E-state index contributed by atoms with van der Waals surface area (Å²) in [5.74, 6) is -2.51. The molecule has 0 atom stereocenters. The fraction of sp³-hybridized carbons (Fsp3) is 0. The maximum absolute atomic E-state index is 13.2. The number of hydrogen-bond donors (Lipinski definition) is 1. The SMILES string of the molecule is O=C(O)c1nc(-c2ccccc2F)no1. The Morgan fingerprint density at radius 1 is 1.40 bits per heavy atom. The van der Waals surface area contributed by atoms with E-state index in [0.29, 0.717) is 0 Å². The number of carboxylic acids is 1. The van der Waals surface area contributed by atoms with Gasteiger partial charge in [-0.05, 0) is 12.1 Å². The van der Waals surface area contributed by atoms with E-state index in [0.717, 1.165) is 0 Å². The molecule has 0 spiro atoms. The summed E-state index contributed by atoms with van der Waals surface area (Å²) >= 11 is 0. The van der Waals surface area contributed by atoms with Crippen LogP contribution in [0.5, 0.6) is 0 Å². The first-order valence-electron chi connectivity index (χ1n) is 4.00. The first-order valence-corrected chi connectivity index (χ1v) is 4.00. The summed E-state index contributed by atoms with van der Waals surface area (Å²) in [6.07, 6.45) is 0. The summed E-state index contributed by atoms with van der Waals surface area (Å²) in [4.78, 5) is 14.0. The molecule has 1 N–H and O–H groups in total. The topological polar surface area (TPSA) is 76.2 Å². The van der Waals surface area contributed by atoms with Crippen LogP contribution in [0.1, 0.15) is 10.7 Å². The van der Waals surface area contributed by atoms with Crippen molar-refractivity contribution >= 4 is 5.97 Å². The molecule has 0 aliphatic carbocycles. The molecule has 1 heterocycles. The lowest BCUT2D eigenvalue weighted by Crippen LogP contribution is -1.95. The van der Waals surface area contributed by atoms with Crippen molar-refractivity contribution < 1.29 is 18.8 Å². The van der Waals surface area contributed by atoms with Crippen LogP contribution in [0.4, 0.5) is 4.39 Å². The van der Waals surface area contributed by atoms with Crippen LogP contribution in [0.3, 0.4) is 0 Å². The number of rotatable bonds is 2. The van der Waals surface area contributed by atoms with Crippen molar-refractivity contribution in [3.8, 4) is 11.4 Å².